The molecule has 4 nitrogen and oxygen atoms in total. The van der Waals surface area contributed by atoms with Crippen LogP contribution in [0.4, 0.5) is 0 Å². The first kappa shape index (κ1) is 12.4. The number of nitriles is 3. The molecule has 13 heavy (non-hydrogen) atoms. The molecule has 0 heterocycles. The summed E-state index contributed by atoms with van der Waals surface area (Å²) in [6.07, 6.45) is 0. The van der Waals surface area contributed by atoms with Gasteiger partial charge in [0.1, 0.15) is 0 Å². The van der Waals surface area contributed by atoms with Gasteiger partial charge >= 0.3 is 98.5 Å². The Morgan fingerprint density at radius 2 is 1.69 bits per heavy atom. The van der Waals surface area contributed by atoms with Gasteiger partial charge in [-0.1, -0.05) is 0 Å². The van der Waals surface area contributed by atoms with Crippen LogP contribution in [0.1, 0.15) is 0 Å². The Hall–Kier alpha value is -0.562. The quantitative estimate of drug-likeness (QED) is 0.328. The first-order chi connectivity index (χ1) is 6.21. The molecule has 0 N–H and O–H groups in total. The van der Waals surface area contributed by atoms with Crippen molar-refractivity contribution < 1.29 is 16.3 Å². The van der Waals surface area contributed by atoms with E-state index in [1.807, 2.05) is 0 Å². The van der Waals surface area contributed by atoms with E-state index >= 15 is 0 Å². The fourth-order valence-corrected chi connectivity index (χ4v) is 4.62. The molecule has 0 fully saturated rings. The Labute approximate surface area is 97.8 Å². The fraction of sp³-hybridized carbons (Fsp3) is 0. The molecule has 0 amide bonds. The van der Waals surface area contributed by atoms with E-state index in [4.69, 9.17) is 15.8 Å². The molecule has 0 radical (unpaired) electrons. The zero-order valence-electron chi connectivity index (χ0n) is 5.95. The summed E-state index contributed by atoms with van der Waals surface area (Å²) in [6.45, 7) is 0. The van der Waals surface area contributed by atoms with Crippen LogP contribution in [0, 0.1) is 34.0 Å². The van der Waals surface area contributed by atoms with Gasteiger partial charge < -0.3 is 0 Å². The standard InChI is InChI=1S/C6BrN4.BrH.W/c7-6(11)5(3-10)4(1-8)2-9;;/h;1H;/q-1;;+3/p-1. The summed E-state index contributed by atoms with van der Waals surface area (Å²) in [4.78, 5) is 0. The zero-order valence-corrected chi connectivity index (χ0v) is 12.1. The Balaban J connectivity index is 5.59. The topological polar surface area (TPSA) is 85.5 Å². The minimum atomic E-state index is -0.999. The zero-order chi connectivity index (χ0) is 10.3. The van der Waals surface area contributed by atoms with Crippen molar-refractivity contribution in [3.63, 3.8) is 0 Å². The summed E-state index contributed by atoms with van der Waals surface area (Å²) in [5.41, 5.74) is -0.234. The third kappa shape index (κ3) is 3.77. The number of hydrogen-bond donors (Lipinski definition) is 0. The first-order valence-electron chi connectivity index (χ1n) is 2.67. The van der Waals surface area contributed by atoms with E-state index in [0.717, 1.165) is 0 Å². The summed E-state index contributed by atoms with van der Waals surface area (Å²) in [5, 5.41) is 25.6. The van der Waals surface area contributed by atoms with Crippen molar-refractivity contribution in [3.8, 4) is 18.2 Å². The fourth-order valence-electron chi connectivity index (χ4n) is 0.418. The Bertz CT molecular complexity index is 409. The predicted octanol–water partition coefficient (Wildman–Crippen LogP) is 1.29. The molecule has 0 saturated carbocycles. The molecular formula is C6Br2N4W+. The first-order valence-corrected chi connectivity index (χ1v) is 11.2. The van der Waals surface area contributed by atoms with Crippen LogP contribution in [-0.4, -0.2) is 4.62 Å². The third-order valence-electron chi connectivity index (χ3n) is 0.906. The predicted molar refractivity (Wildman–Crippen MR) is 48.9 cm³/mol. The van der Waals surface area contributed by atoms with Gasteiger partial charge in [-0.25, -0.2) is 0 Å². The second kappa shape index (κ2) is 6.90. The van der Waals surface area contributed by atoms with Gasteiger partial charge in [-0.05, 0) is 0 Å². The van der Waals surface area contributed by atoms with Gasteiger partial charge in [-0.15, -0.1) is 0 Å². The second-order valence-electron chi connectivity index (χ2n) is 1.54. The molecule has 0 aliphatic heterocycles. The van der Waals surface area contributed by atoms with Crippen molar-refractivity contribution >= 4 is 33.8 Å². The molecule has 0 aliphatic rings. The maximum atomic E-state index is 8.64. The molecule has 0 bridgehead atoms. The molecule has 0 aromatic heterocycles. The molecule has 0 atom stereocenters. The number of halogens is 2. The Kier molecular flexibility index (Phi) is 6.60. The van der Waals surface area contributed by atoms with Gasteiger partial charge in [0.15, 0.2) is 0 Å². The monoisotopic (exact) mass is 470 g/mol. The van der Waals surface area contributed by atoms with Crippen LogP contribution >= 0.6 is 29.2 Å². The molecule has 0 aromatic rings. The van der Waals surface area contributed by atoms with Crippen LogP contribution in [0.25, 0.3) is 0 Å². The van der Waals surface area contributed by atoms with Gasteiger partial charge in [0.2, 0.25) is 0 Å². The number of hydrogen-bond acceptors (Lipinski definition) is 3. The van der Waals surface area contributed by atoms with E-state index < -0.39 is 16.3 Å². The SMILES string of the molecule is N#CC(C#N)=C(C#N)C(Br)=[N+]=[W][Br]. The molecular weight excluding hydrogens is 472 g/mol. The van der Waals surface area contributed by atoms with Crippen molar-refractivity contribution in [2.45, 2.75) is 0 Å². The third-order valence-corrected chi connectivity index (χ3v) is 4.50. The van der Waals surface area contributed by atoms with Gasteiger partial charge in [-0.2, -0.15) is 0 Å². The van der Waals surface area contributed by atoms with Crippen LogP contribution in [-0.2, 0) is 16.3 Å². The van der Waals surface area contributed by atoms with Crippen LogP contribution < -0.4 is 3.17 Å². The van der Waals surface area contributed by atoms with Crippen LogP contribution in [0.2, 0.25) is 0 Å². The molecule has 0 unspecified atom stereocenters. The molecule has 0 saturated heterocycles. The summed E-state index contributed by atoms with van der Waals surface area (Å²) in [5.74, 6) is 0. The second-order valence-corrected chi connectivity index (χ2v) is 5.81. The van der Waals surface area contributed by atoms with Crippen LogP contribution in [0.5, 0.6) is 0 Å². The number of nitrogens with zero attached hydrogens (tertiary/aromatic N) is 4. The van der Waals surface area contributed by atoms with E-state index in [-0.39, 0.29) is 15.8 Å². The van der Waals surface area contributed by atoms with Gasteiger partial charge in [0.05, 0.1) is 0 Å². The molecule has 0 rings (SSSR count). The van der Waals surface area contributed by atoms with E-state index in [1.54, 1.807) is 18.2 Å². The summed E-state index contributed by atoms with van der Waals surface area (Å²) < 4.78 is 4.22. The van der Waals surface area contributed by atoms with Crippen molar-refractivity contribution in [2.75, 3.05) is 0 Å². The average Bonchev–Trinajstić information content (AvgIpc) is 2.14. The number of allylic oxidation sites excluding steroid dienone is 2. The molecule has 63 valence electrons. The molecule has 0 aliphatic carbocycles. The normalized spacial score (nSPS) is 6.69. The van der Waals surface area contributed by atoms with E-state index in [2.05, 4.69) is 32.4 Å². The summed E-state index contributed by atoms with van der Waals surface area (Å²) >= 11 is 5.22. The van der Waals surface area contributed by atoms with Crippen LogP contribution in [0.3, 0.4) is 0 Å². The number of rotatable bonds is 1. The summed E-state index contributed by atoms with van der Waals surface area (Å²) in [6, 6.07) is 5.01. The Morgan fingerprint density at radius 3 is 2.00 bits per heavy atom. The summed E-state index contributed by atoms with van der Waals surface area (Å²) in [7, 11) is 0. The van der Waals surface area contributed by atoms with Gasteiger partial charge in [-0.3, -0.25) is 0 Å². The van der Waals surface area contributed by atoms with E-state index in [0.29, 0.717) is 0 Å². The van der Waals surface area contributed by atoms with Crippen LogP contribution in [0.15, 0.2) is 11.1 Å². The van der Waals surface area contributed by atoms with Crippen molar-refractivity contribution in [3.05, 3.63) is 11.1 Å². The van der Waals surface area contributed by atoms with Gasteiger partial charge in [0.25, 0.3) is 0 Å². The minimum absolute atomic E-state index is 0.00977. The van der Waals surface area contributed by atoms with Crippen molar-refractivity contribution in [1.82, 2.24) is 3.17 Å². The van der Waals surface area contributed by atoms with E-state index in [9.17, 15) is 0 Å². The van der Waals surface area contributed by atoms with Gasteiger partial charge in [0, 0.05) is 0 Å². The molecule has 0 aromatic carbocycles. The van der Waals surface area contributed by atoms with Crippen molar-refractivity contribution in [1.29, 1.82) is 15.8 Å². The Morgan fingerprint density at radius 1 is 1.15 bits per heavy atom. The molecule has 0 spiro atoms. The molecule has 7 heteroatoms. The maximum absolute atomic E-state index is 8.64. The average molecular weight is 472 g/mol. The van der Waals surface area contributed by atoms with Crippen molar-refractivity contribution in [2.24, 2.45) is 0 Å². The van der Waals surface area contributed by atoms with E-state index in [1.165, 1.54) is 0 Å².